The molecule has 160 valence electrons. The van der Waals surface area contributed by atoms with Gasteiger partial charge in [0, 0.05) is 13.7 Å². The fourth-order valence-corrected chi connectivity index (χ4v) is 10.3. The van der Waals surface area contributed by atoms with Gasteiger partial charge in [-0.1, -0.05) is 40.0 Å². The first-order chi connectivity index (χ1) is 13.4. The zero-order valence-electron chi connectivity index (χ0n) is 18.6. The average molecular weight is 428 g/mol. The minimum atomic E-state index is -1.35. The van der Waals surface area contributed by atoms with Crippen LogP contribution in [-0.4, -0.2) is 47.4 Å². The van der Waals surface area contributed by atoms with E-state index in [0.29, 0.717) is 17.1 Å². The monoisotopic (exact) mass is 427 g/mol. The van der Waals surface area contributed by atoms with E-state index in [2.05, 4.69) is 27.7 Å². The molecule has 0 spiro atoms. The lowest BCUT2D eigenvalue weighted by molar-refractivity contribution is -0.117. The topological polar surface area (TPSA) is 54.4 Å². The highest BCUT2D eigenvalue weighted by atomic mass is 32.1. The van der Waals surface area contributed by atoms with Crippen LogP contribution in [-0.2, 0) is 11.2 Å². The molecule has 0 amide bonds. The largest absolute Gasteiger partial charge is 0.388 e. The van der Waals surface area contributed by atoms with Crippen molar-refractivity contribution in [2.24, 2.45) is 0 Å². The number of carbonyl (C=O) groups excluding carboxylic acids is 2. The van der Waals surface area contributed by atoms with Crippen LogP contribution in [0, 0.1) is 6.92 Å². The number of hydrogen-bond donors (Lipinski definition) is 1. The predicted octanol–water partition coefficient (Wildman–Crippen LogP) is 6.15. The van der Waals surface area contributed by atoms with Gasteiger partial charge in [0.15, 0.2) is 11.6 Å². The summed E-state index contributed by atoms with van der Waals surface area (Å²) in [6.07, 6.45) is 11.2. The molecule has 1 atom stereocenters. The first kappa shape index (κ1) is 25.5. The summed E-state index contributed by atoms with van der Waals surface area (Å²) in [6.45, 7) is 10.4. The molecule has 0 aliphatic carbocycles. The van der Waals surface area contributed by atoms with Gasteiger partial charge in [0.1, 0.15) is 12.3 Å². The van der Waals surface area contributed by atoms with E-state index in [0.717, 1.165) is 11.1 Å². The van der Waals surface area contributed by atoms with Gasteiger partial charge in [0.05, 0.1) is 23.4 Å². The highest BCUT2D eigenvalue weighted by Gasteiger charge is 2.45. The zero-order valence-corrected chi connectivity index (χ0v) is 20.3. The molecule has 0 saturated heterocycles. The SMILES string of the molecule is CCCC[P+](CCCC)(CCCC)C(C)C(=O)Cc1c(C)csc1C(=O)CO. The van der Waals surface area contributed by atoms with Crippen molar-refractivity contribution in [1.29, 1.82) is 0 Å². The van der Waals surface area contributed by atoms with Crippen LogP contribution in [0.4, 0.5) is 0 Å². The van der Waals surface area contributed by atoms with E-state index in [1.807, 2.05) is 12.3 Å². The molecule has 1 heterocycles. The summed E-state index contributed by atoms with van der Waals surface area (Å²) < 4.78 is 0. The van der Waals surface area contributed by atoms with Gasteiger partial charge in [-0.05, 0) is 49.6 Å². The fraction of sp³-hybridized carbons (Fsp3) is 0.739. The number of aliphatic hydroxyl groups is 1. The number of hydrogen-bond acceptors (Lipinski definition) is 4. The number of unbranched alkanes of at least 4 members (excludes halogenated alkanes) is 3. The summed E-state index contributed by atoms with van der Waals surface area (Å²) in [5.41, 5.74) is 1.95. The summed E-state index contributed by atoms with van der Waals surface area (Å²) in [4.78, 5) is 26.1. The fourth-order valence-electron chi connectivity index (χ4n) is 3.96. The maximum atomic E-state index is 13.4. The standard InChI is InChI=1S/C23H40O3PS/c1-6-9-12-27(13-10-7-2,14-11-8-3)19(5)21(25)15-20-18(4)17-28-23(20)22(26)16-24/h17,19,24H,6-16H2,1-5H3/q+1. The normalized spacial score (nSPS) is 12.9. The third-order valence-electron chi connectivity index (χ3n) is 6.01. The van der Waals surface area contributed by atoms with Crippen molar-refractivity contribution in [3.05, 3.63) is 21.4 Å². The Kier molecular flexibility index (Phi) is 11.7. The van der Waals surface area contributed by atoms with E-state index >= 15 is 0 Å². The van der Waals surface area contributed by atoms with E-state index in [1.165, 1.54) is 68.3 Å². The Bertz CT molecular complexity index is 602. The van der Waals surface area contributed by atoms with Crippen molar-refractivity contribution in [1.82, 2.24) is 0 Å². The summed E-state index contributed by atoms with van der Waals surface area (Å²) in [5, 5.41) is 11.2. The predicted molar refractivity (Wildman–Crippen MR) is 125 cm³/mol. The van der Waals surface area contributed by atoms with Crippen molar-refractivity contribution in [3.8, 4) is 0 Å². The minimum Gasteiger partial charge on any atom is -0.388 e. The van der Waals surface area contributed by atoms with Crippen molar-refractivity contribution in [3.63, 3.8) is 0 Å². The molecule has 28 heavy (non-hydrogen) atoms. The van der Waals surface area contributed by atoms with Crippen LogP contribution in [0.25, 0.3) is 0 Å². The van der Waals surface area contributed by atoms with Crippen LogP contribution in [0.2, 0.25) is 0 Å². The van der Waals surface area contributed by atoms with Crippen molar-refractivity contribution in [2.75, 3.05) is 25.1 Å². The lowest BCUT2D eigenvalue weighted by atomic mass is 10.0. The molecule has 0 saturated carbocycles. The molecular formula is C23H40O3PS+. The lowest BCUT2D eigenvalue weighted by Gasteiger charge is -2.33. The van der Waals surface area contributed by atoms with Gasteiger partial charge in [0.25, 0.3) is 0 Å². The third-order valence-corrected chi connectivity index (χ3v) is 12.7. The molecule has 0 bridgehead atoms. The van der Waals surface area contributed by atoms with Gasteiger partial charge in [0.2, 0.25) is 0 Å². The zero-order chi connectivity index (χ0) is 21.2. The molecule has 0 radical (unpaired) electrons. The smallest absolute Gasteiger partial charge is 0.198 e. The second-order valence-corrected chi connectivity index (χ2v) is 13.5. The van der Waals surface area contributed by atoms with Crippen LogP contribution in [0.15, 0.2) is 5.38 Å². The van der Waals surface area contributed by atoms with Gasteiger partial charge in [-0.3, -0.25) is 9.59 Å². The van der Waals surface area contributed by atoms with Crippen LogP contribution < -0.4 is 0 Å². The van der Waals surface area contributed by atoms with E-state index in [9.17, 15) is 14.7 Å². The Balaban J connectivity index is 3.12. The van der Waals surface area contributed by atoms with E-state index in [-0.39, 0.29) is 11.4 Å². The van der Waals surface area contributed by atoms with Crippen LogP contribution in [0.1, 0.15) is 87.0 Å². The first-order valence-electron chi connectivity index (χ1n) is 11.0. The summed E-state index contributed by atoms with van der Waals surface area (Å²) in [6, 6.07) is 0. The average Bonchev–Trinajstić information content (AvgIpc) is 3.06. The molecule has 0 aliphatic rings. The van der Waals surface area contributed by atoms with Crippen LogP contribution in [0.3, 0.4) is 0 Å². The Morgan fingerprint density at radius 3 is 1.96 bits per heavy atom. The van der Waals surface area contributed by atoms with Gasteiger partial charge >= 0.3 is 0 Å². The van der Waals surface area contributed by atoms with Crippen LogP contribution in [0.5, 0.6) is 0 Å². The molecule has 1 unspecified atom stereocenters. The van der Waals surface area contributed by atoms with Gasteiger partial charge in [-0.25, -0.2) is 0 Å². The molecule has 1 N–H and O–H groups in total. The van der Waals surface area contributed by atoms with Gasteiger partial charge < -0.3 is 5.11 Å². The van der Waals surface area contributed by atoms with Gasteiger partial charge in [-0.15, -0.1) is 11.3 Å². The maximum Gasteiger partial charge on any atom is 0.198 e. The quantitative estimate of drug-likeness (QED) is 0.270. The maximum absolute atomic E-state index is 13.4. The van der Waals surface area contributed by atoms with E-state index < -0.39 is 13.9 Å². The Labute approximate surface area is 176 Å². The summed E-state index contributed by atoms with van der Waals surface area (Å²) >= 11 is 1.36. The highest BCUT2D eigenvalue weighted by molar-refractivity contribution is 7.77. The number of thiophene rings is 1. The number of carbonyl (C=O) groups is 2. The molecule has 0 aliphatic heterocycles. The lowest BCUT2D eigenvalue weighted by Crippen LogP contribution is -2.29. The molecule has 5 heteroatoms. The third kappa shape index (κ3) is 6.75. The number of rotatable bonds is 15. The Morgan fingerprint density at radius 1 is 1.04 bits per heavy atom. The number of Topliss-reactive ketones (excluding diaryl/α,β-unsaturated/α-hetero) is 2. The molecule has 1 aromatic rings. The van der Waals surface area contributed by atoms with Crippen molar-refractivity contribution in [2.45, 2.75) is 85.2 Å². The molecule has 3 nitrogen and oxygen atoms in total. The number of aryl methyl sites for hydroxylation is 1. The van der Waals surface area contributed by atoms with E-state index in [1.54, 1.807) is 0 Å². The molecule has 0 aromatic carbocycles. The van der Waals surface area contributed by atoms with Crippen LogP contribution >= 0.6 is 18.6 Å². The minimum absolute atomic E-state index is 0.105. The van der Waals surface area contributed by atoms with Crippen molar-refractivity contribution < 1.29 is 14.7 Å². The number of aliphatic hydroxyl groups excluding tert-OH is 1. The highest BCUT2D eigenvalue weighted by Crippen LogP contribution is 2.65. The summed E-state index contributed by atoms with van der Waals surface area (Å²) in [5.74, 6) is 0.0303. The molecule has 1 aromatic heterocycles. The van der Waals surface area contributed by atoms with Gasteiger partial charge in [-0.2, -0.15) is 0 Å². The van der Waals surface area contributed by atoms with Crippen molar-refractivity contribution >= 4 is 30.2 Å². The molecule has 1 rings (SSSR count). The second-order valence-electron chi connectivity index (χ2n) is 8.08. The molecular weight excluding hydrogens is 387 g/mol. The summed E-state index contributed by atoms with van der Waals surface area (Å²) in [7, 11) is -1.35. The second kappa shape index (κ2) is 12.9. The van der Waals surface area contributed by atoms with E-state index in [4.69, 9.17) is 0 Å². The Morgan fingerprint density at radius 2 is 1.54 bits per heavy atom. The molecule has 0 fully saturated rings. The first-order valence-corrected chi connectivity index (χ1v) is 14.3. The number of ketones is 2. The Hall–Kier alpha value is -0.570.